The van der Waals surface area contributed by atoms with Crippen molar-refractivity contribution >= 4 is 15.9 Å². The van der Waals surface area contributed by atoms with Gasteiger partial charge in [0.15, 0.2) is 0 Å². The molecule has 0 saturated heterocycles. The molecule has 0 aliphatic heterocycles. The van der Waals surface area contributed by atoms with E-state index in [9.17, 15) is 0 Å². The number of aryl methyl sites for hydroxylation is 1. The van der Waals surface area contributed by atoms with E-state index < -0.39 is 0 Å². The van der Waals surface area contributed by atoms with Gasteiger partial charge in [-0.1, -0.05) is 0 Å². The summed E-state index contributed by atoms with van der Waals surface area (Å²) in [5.41, 5.74) is 1.41. The average Bonchev–Trinajstić information content (AvgIpc) is 2.34. The summed E-state index contributed by atoms with van der Waals surface area (Å²) in [5.74, 6) is 1.37. The maximum absolute atomic E-state index is 8.77. The van der Waals surface area contributed by atoms with Crippen molar-refractivity contribution in [3.63, 3.8) is 0 Å². The Bertz CT molecular complexity index is 590. The van der Waals surface area contributed by atoms with Gasteiger partial charge >= 0.3 is 0 Å². The topological polar surface area (TPSA) is 45.9 Å². The second kappa shape index (κ2) is 4.98. The van der Waals surface area contributed by atoms with Crippen LogP contribution in [-0.4, -0.2) is 4.98 Å². The molecule has 0 unspecified atom stereocenters. The van der Waals surface area contributed by atoms with Crippen molar-refractivity contribution in [2.75, 3.05) is 0 Å². The lowest BCUT2D eigenvalue weighted by atomic mass is 10.2. The predicted molar refractivity (Wildman–Crippen MR) is 67.9 cm³/mol. The van der Waals surface area contributed by atoms with Gasteiger partial charge in [-0.3, -0.25) is 4.98 Å². The highest BCUT2D eigenvalue weighted by molar-refractivity contribution is 9.10. The van der Waals surface area contributed by atoms with E-state index in [1.54, 1.807) is 24.4 Å². The SMILES string of the molecule is Cc1ncccc1Oc1ccc(C#N)cc1Br. The summed E-state index contributed by atoms with van der Waals surface area (Å²) in [5, 5.41) is 8.77. The normalized spacial score (nSPS) is 9.71. The van der Waals surface area contributed by atoms with Gasteiger partial charge in [0.05, 0.1) is 21.8 Å². The fourth-order valence-corrected chi connectivity index (χ4v) is 1.81. The van der Waals surface area contributed by atoms with Crippen LogP contribution in [-0.2, 0) is 0 Å². The summed E-state index contributed by atoms with van der Waals surface area (Å²) in [6.45, 7) is 1.88. The smallest absolute Gasteiger partial charge is 0.148 e. The van der Waals surface area contributed by atoms with E-state index in [4.69, 9.17) is 10.00 Å². The van der Waals surface area contributed by atoms with Crippen LogP contribution in [0.1, 0.15) is 11.3 Å². The highest BCUT2D eigenvalue weighted by Crippen LogP contribution is 2.31. The molecule has 0 aliphatic rings. The molecule has 3 nitrogen and oxygen atoms in total. The Morgan fingerprint density at radius 1 is 1.29 bits per heavy atom. The number of nitriles is 1. The number of nitrogens with zero attached hydrogens (tertiary/aromatic N) is 2. The highest BCUT2D eigenvalue weighted by atomic mass is 79.9. The molecule has 0 fully saturated rings. The largest absolute Gasteiger partial charge is 0.454 e. The Kier molecular flexibility index (Phi) is 3.40. The van der Waals surface area contributed by atoms with Crippen molar-refractivity contribution in [1.29, 1.82) is 5.26 Å². The average molecular weight is 289 g/mol. The molecule has 1 aromatic heterocycles. The van der Waals surface area contributed by atoms with E-state index in [0.717, 1.165) is 10.2 Å². The van der Waals surface area contributed by atoms with Crippen LogP contribution in [0, 0.1) is 18.3 Å². The Morgan fingerprint density at radius 3 is 2.76 bits per heavy atom. The Balaban J connectivity index is 2.32. The molecular formula is C13H9BrN2O. The minimum Gasteiger partial charge on any atom is -0.454 e. The molecule has 17 heavy (non-hydrogen) atoms. The highest BCUT2D eigenvalue weighted by Gasteiger charge is 2.06. The number of hydrogen-bond donors (Lipinski definition) is 0. The number of ether oxygens (including phenoxy) is 1. The number of pyridine rings is 1. The van der Waals surface area contributed by atoms with Gasteiger partial charge in [-0.25, -0.2) is 0 Å². The lowest BCUT2D eigenvalue weighted by Crippen LogP contribution is -1.90. The maximum Gasteiger partial charge on any atom is 0.148 e. The number of halogens is 1. The number of benzene rings is 1. The van der Waals surface area contributed by atoms with E-state index in [0.29, 0.717) is 17.1 Å². The van der Waals surface area contributed by atoms with Gasteiger partial charge in [-0.2, -0.15) is 5.26 Å². The fourth-order valence-electron chi connectivity index (χ4n) is 1.35. The first-order valence-corrected chi connectivity index (χ1v) is 5.79. The molecule has 0 aliphatic carbocycles. The predicted octanol–water partition coefficient (Wildman–Crippen LogP) is 3.82. The van der Waals surface area contributed by atoms with Gasteiger partial charge in [0.25, 0.3) is 0 Å². The standard InChI is InChI=1S/C13H9BrN2O/c1-9-12(3-2-6-16-9)17-13-5-4-10(8-15)7-11(13)14/h2-7H,1H3. The van der Waals surface area contributed by atoms with E-state index >= 15 is 0 Å². The Labute approximate surface area is 108 Å². The molecule has 4 heteroatoms. The zero-order valence-corrected chi connectivity index (χ0v) is 10.7. The first-order chi connectivity index (χ1) is 8.20. The monoisotopic (exact) mass is 288 g/mol. The van der Waals surface area contributed by atoms with E-state index in [-0.39, 0.29) is 0 Å². The van der Waals surface area contributed by atoms with Crippen molar-refractivity contribution in [3.8, 4) is 17.6 Å². The first kappa shape index (κ1) is 11.6. The molecule has 0 spiro atoms. The van der Waals surface area contributed by atoms with Crippen molar-refractivity contribution in [2.24, 2.45) is 0 Å². The summed E-state index contributed by atoms with van der Waals surface area (Å²) in [6.07, 6.45) is 1.72. The van der Waals surface area contributed by atoms with Crippen molar-refractivity contribution < 1.29 is 4.74 Å². The number of rotatable bonds is 2. The summed E-state index contributed by atoms with van der Waals surface area (Å²) in [6, 6.07) is 10.9. The zero-order valence-electron chi connectivity index (χ0n) is 9.14. The van der Waals surface area contributed by atoms with Gasteiger partial charge in [0.1, 0.15) is 11.5 Å². The third-order valence-electron chi connectivity index (χ3n) is 2.24. The first-order valence-electron chi connectivity index (χ1n) is 5.00. The Morgan fingerprint density at radius 2 is 2.12 bits per heavy atom. The van der Waals surface area contributed by atoms with Gasteiger partial charge < -0.3 is 4.74 Å². The van der Waals surface area contributed by atoms with Crippen molar-refractivity contribution in [3.05, 3.63) is 52.3 Å². The van der Waals surface area contributed by atoms with Crippen LogP contribution in [0.3, 0.4) is 0 Å². The van der Waals surface area contributed by atoms with Crippen LogP contribution in [0.25, 0.3) is 0 Å². The third-order valence-corrected chi connectivity index (χ3v) is 2.86. The van der Waals surface area contributed by atoms with Crippen LogP contribution in [0.4, 0.5) is 0 Å². The molecule has 1 heterocycles. The second-order valence-electron chi connectivity index (χ2n) is 3.45. The lowest BCUT2D eigenvalue weighted by molar-refractivity contribution is 0.473. The minimum atomic E-state index is 0.590. The van der Waals surface area contributed by atoms with Crippen LogP contribution in [0.15, 0.2) is 41.0 Å². The molecule has 2 aromatic rings. The van der Waals surface area contributed by atoms with E-state index in [2.05, 4.69) is 27.0 Å². The van der Waals surface area contributed by atoms with Crippen LogP contribution >= 0.6 is 15.9 Å². The zero-order chi connectivity index (χ0) is 12.3. The summed E-state index contributed by atoms with van der Waals surface area (Å²) in [7, 11) is 0. The molecule has 0 saturated carbocycles. The van der Waals surface area contributed by atoms with Crippen LogP contribution in [0.2, 0.25) is 0 Å². The minimum absolute atomic E-state index is 0.590. The van der Waals surface area contributed by atoms with E-state index in [1.165, 1.54) is 0 Å². The molecule has 0 N–H and O–H groups in total. The molecule has 0 atom stereocenters. The summed E-state index contributed by atoms with van der Waals surface area (Å²) in [4.78, 5) is 4.15. The van der Waals surface area contributed by atoms with Gasteiger partial charge in [0.2, 0.25) is 0 Å². The molecule has 0 radical (unpaired) electrons. The molecule has 84 valence electrons. The van der Waals surface area contributed by atoms with Gasteiger partial charge in [-0.05, 0) is 53.2 Å². The molecule has 0 bridgehead atoms. The lowest BCUT2D eigenvalue weighted by Gasteiger charge is -2.09. The number of hydrogen-bond acceptors (Lipinski definition) is 3. The molecule has 0 amide bonds. The summed E-state index contributed by atoms with van der Waals surface area (Å²) < 4.78 is 6.47. The van der Waals surface area contributed by atoms with Gasteiger partial charge in [0, 0.05) is 6.20 Å². The third kappa shape index (κ3) is 2.63. The maximum atomic E-state index is 8.77. The van der Waals surface area contributed by atoms with Crippen LogP contribution in [0.5, 0.6) is 11.5 Å². The van der Waals surface area contributed by atoms with E-state index in [1.807, 2.05) is 19.1 Å². The van der Waals surface area contributed by atoms with Crippen LogP contribution < -0.4 is 4.74 Å². The summed E-state index contributed by atoms with van der Waals surface area (Å²) >= 11 is 3.37. The Hall–Kier alpha value is -1.86. The van der Waals surface area contributed by atoms with Gasteiger partial charge in [-0.15, -0.1) is 0 Å². The molecule has 2 rings (SSSR count). The second-order valence-corrected chi connectivity index (χ2v) is 4.30. The molecule has 1 aromatic carbocycles. The van der Waals surface area contributed by atoms with Crippen molar-refractivity contribution in [1.82, 2.24) is 4.98 Å². The quantitative estimate of drug-likeness (QED) is 0.844. The fraction of sp³-hybridized carbons (Fsp3) is 0.0769. The van der Waals surface area contributed by atoms with Crippen molar-refractivity contribution in [2.45, 2.75) is 6.92 Å². The number of aromatic nitrogens is 1. The molecular weight excluding hydrogens is 280 g/mol.